The standard InChI is InChI=1S/C17H14ClNO3S/c18-13-8-6-12(7-9-13)10-14-11-16(20)22-19(14)17(23)21-15-4-2-1-3-5-15/h1-6,8-9,11-12H,7,10H2. The van der Waals surface area contributed by atoms with E-state index in [4.69, 9.17) is 33.1 Å². The number of para-hydroxylation sites is 1. The third-order valence-corrected chi connectivity index (χ3v) is 3.98. The number of hydrogen-bond donors (Lipinski definition) is 0. The fourth-order valence-electron chi connectivity index (χ4n) is 2.36. The molecule has 1 unspecified atom stereocenters. The molecule has 1 aromatic carbocycles. The second-order valence-electron chi connectivity index (χ2n) is 5.17. The van der Waals surface area contributed by atoms with Gasteiger partial charge in [-0.25, -0.2) is 4.79 Å². The van der Waals surface area contributed by atoms with E-state index in [1.54, 1.807) is 12.1 Å². The Bertz CT molecular complexity index is 820. The summed E-state index contributed by atoms with van der Waals surface area (Å²) in [5, 5.41) is 0.815. The Kier molecular flexibility index (Phi) is 4.79. The molecule has 118 valence electrons. The van der Waals surface area contributed by atoms with Crippen LogP contribution in [0.25, 0.3) is 0 Å². The van der Waals surface area contributed by atoms with Crippen LogP contribution in [0.1, 0.15) is 12.1 Å². The normalized spacial score (nSPS) is 16.9. The predicted octanol–water partition coefficient (Wildman–Crippen LogP) is 3.89. The van der Waals surface area contributed by atoms with Gasteiger partial charge in [-0.3, -0.25) is 0 Å². The van der Waals surface area contributed by atoms with Gasteiger partial charge >= 0.3 is 10.8 Å². The highest BCUT2D eigenvalue weighted by Crippen LogP contribution is 2.22. The summed E-state index contributed by atoms with van der Waals surface area (Å²) in [5.41, 5.74) is 0.226. The quantitative estimate of drug-likeness (QED) is 0.790. The largest absolute Gasteiger partial charge is 0.430 e. The lowest BCUT2D eigenvalue weighted by atomic mass is 9.96. The smallest absolute Gasteiger partial charge is 0.358 e. The zero-order chi connectivity index (χ0) is 16.2. The molecule has 1 aliphatic rings. The lowest BCUT2D eigenvalue weighted by molar-refractivity contribution is 0.304. The monoisotopic (exact) mass is 347 g/mol. The third-order valence-electron chi connectivity index (χ3n) is 3.46. The maximum atomic E-state index is 11.6. The fourth-order valence-corrected chi connectivity index (χ4v) is 2.77. The zero-order valence-electron chi connectivity index (χ0n) is 12.1. The lowest BCUT2D eigenvalue weighted by Gasteiger charge is -2.15. The molecule has 3 rings (SSSR count). The minimum absolute atomic E-state index is 0.0849. The van der Waals surface area contributed by atoms with E-state index in [2.05, 4.69) is 0 Å². The molecule has 1 heterocycles. The van der Waals surface area contributed by atoms with Crippen molar-refractivity contribution in [2.24, 2.45) is 5.92 Å². The molecular formula is C17H14ClNO3S. The van der Waals surface area contributed by atoms with Crippen LogP contribution in [0, 0.1) is 5.92 Å². The molecule has 0 amide bonds. The van der Waals surface area contributed by atoms with Crippen molar-refractivity contribution in [3.05, 3.63) is 75.8 Å². The van der Waals surface area contributed by atoms with Crippen LogP contribution in [0.4, 0.5) is 0 Å². The molecule has 23 heavy (non-hydrogen) atoms. The van der Waals surface area contributed by atoms with Gasteiger partial charge in [0.1, 0.15) is 5.75 Å². The summed E-state index contributed by atoms with van der Waals surface area (Å²) < 4.78 is 12.0. The Hall–Kier alpha value is -2.11. The third kappa shape index (κ3) is 4.00. The average molecular weight is 348 g/mol. The molecule has 6 heteroatoms. The van der Waals surface area contributed by atoms with Crippen molar-refractivity contribution in [2.45, 2.75) is 12.8 Å². The fraction of sp³-hybridized carbons (Fsp3) is 0.176. The van der Waals surface area contributed by atoms with Crippen molar-refractivity contribution in [3.8, 4) is 5.75 Å². The van der Waals surface area contributed by atoms with Gasteiger partial charge in [-0.15, -0.1) is 4.74 Å². The van der Waals surface area contributed by atoms with Crippen molar-refractivity contribution in [1.82, 2.24) is 4.74 Å². The van der Waals surface area contributed by atoms with E-state index < -0.39 is 5.63 Å². The molecule has 0 fully saturated rings. The molecular weight excluding hydrogens is 334 g/mol. The van der Waals surface area contributed by atoms with Crippen LogP contribution in [0.5, 0.6) is 5.75 Å². The van der Waals surface area contributed by atoms with E-state index in [0.717, 1.165) is 11.5 Å². The van der Waals surface area contributed by atoms with Crippen LogP contribution in [0.2, 0.25) is 0 Å². The Morgan fingerprint density at radius 1 is 1.39 bits per heavy atom. The van der Waals surface area contributed by atoms with E-state index in [9.17, 15) is 4.79 Å². The van der Waals surface area contributed by atoms with Crippen molar-refractivity contribution in [3.63, 3.8) is 0 Å². The summed E-state index contributed by atoms with van der Waals surface area (Å²) in [5.74, 6) is 0.826. The molecule has 1 aromatic heterocycles. The van der Waals surface area contributed by atoms with Gasteiger partial charge in [-0.2, -0.15) is 0 Å². The Labute approximate surface area is 143 Å². The summed E-state index contributed by atoms with van der Waals surface area (Å²) in [4.78, 5) is 11.6. The lowest BCUT2D eigenvalue weighted by Crippen LogP contribution is -2.19. The number of allylic oxidation sites excluding steroid dienone is 4. The average Bonchev–Trinajstić information content (AvgIpc) is 2.91. The van der Waals surface area contributed by atoms with E-state index in [1.807, 2.05) is 36.4 Å². The molecule has 0 N–H and O–H groups in total. The second kappa shape index (κ2) is 6.98. The van der Waals surface area contributed by atoms with Crippen molar-refractivity contribution < 1.29 is 9.26 Å². The number of nitrogens with zero attached hydrogens (tertiary/aromatic N) is 1. The van der Waals surface area contributed by atoms with Crippen molar-refractivity contribution >= 4 is 29.0 Å². The van der Waals surface area contributed by atoms with Crippen LogP contribution < -0.4 is 10.4 Å². The molecule has 0 saturated carbocycles. The predicted molar refractivity (Wildman–Crippen MR) is 92.9 cm³/mol. The minimum Gasteiger partial charge on any atom is -0.430 e. The Morgan fingerprint density at radius 3 is 2.87 bits per heavy atom. The first kappa shape index (κ1) is 15.8. The Morgan fingerprint density at radius 2 is 2.17 bits per heavy atom. The summed E-state index contributed by atoms with van der Waals surface area (Å²) in [6.45, 7) is 0. The van der Waals surface area contributed by atoms with Crippen molar-refractivity contribution in [1.29, 1.82) is 0 Å². The maximum absolute atomic E-state index is 11.6. The zero-order valence-corrected chi connectivity index (χ0v) is 13.7. The summed E-state index contributed by atoms with van der Waals surface area (Å²) in [7, 11) is 0. The van der Waals surface area contributed by atoms with Gasteiger partial charge in [0.15, 0.2) is 0 Å². The molecule has 2 aromatic rings. The topological polar surface area (TPSA) is 44.4 Å². The SMILES string of the molecule is O=c1cc(CC2C=CC(Cl)=CC2)n(C(=S)Oc2ccccc2)o1. The van der Waals surface area contributed by atoms with Crippen LogP contribution in [0.15, 0.2) is 69.0 Å². The first-order chi connectivity index (χ1) is 11.1. The molecule has 0 aliphatic heterocycles. The summed E-state index contributed by atoms with van der Waals surface area (Å²) in [6, 6.07) is 10.6. The molecule has 0 radical (unpaired) electrons. The van der Waals surface area contributed by atoms with Gasteiger partial charge in [0.2, 0.25) is 0 Å². The first-order valence-corrected chi connectivity index (χ1v) is 7.94. The molecule has 1 aliphatic carbocycles. The minimum atomic E-state index is -0.452. The van der Waals surface area contributed by atoms with Gasteiger partial charge in [-0.1, -0.05) is 42.0 Å². The van der Waals surface area contributed by atoms with E-state index >= 15 is 0 Å². The van der Waals surface area contributed by atoms with Gasteiger partial charge in [0.05, 0.1) is 5.69 Å². The number of benzene rings is 1. The number of rotatable bonds is 3. The van der Waals surface area contributed by atoms with Gasteiger partial charge < -0.3 is 9.26 Å². The number of ether oxygens (including phenoxy) is 1. The van der Waals surface area contributed by atoms with Crippen LogP contribution in [0.3, 0.4) is 0 Å². The second-order valence-corrected chi connectivity index (χ2v) is 5.96. The number of aromatic nitrogens is 1. The van der Waals surface area contributed by atoms with Crippen molar-refractivity contribution in [2.75, 3.05) is 0 Å². The van der Waals surface area contributed by atoms with Crippen LogP contribution in [-0.4, -0.2) is 9.91 Å². The van der Waals surface area contributed by atoms with Gasteiger partial charge in [0.25, 0.3) is 0 Å². The molecule has 0 spiro atoms. The molecule has 0 bridgehead atoms. The molecule has 0 saturated heterocycles. The number of thiocarbonyl (C=S) groups is 1. The van der Waals surface area contributed by atoms with E-state index in [1.165, 1.54) is 10.8 Å². The summed E-state index contributed by atoms with van der Waals surface area (Å²) >= 11 is 11.2. The van der Waals surface area contributed by atoms with Crippen LogP contribution >= 0.6 is 23.8 Å². The van der Waals surface area contributed by atoms with E-state index in [-0.39, 0.29) is 11.1 Å². The van der Waals surface area contributed by atoms with Crippen LogP contribution in [-0.2, 0) is 6.42 Å². The van der Waals surface area contributed by atoms with Gasteiger partial charge in [0, 0.05) is 11.1 Å². The Balaban J connectivity index is 1.76. The first-order valence-electron chi connectivity index (χ1n) is 7.15. The van der Waals surface area contributed by atoms with E-state index in [0.29, 0.717) is 17.9 Å². The summed E-state index contributed by atoms with van der Waals surface area (Å²) in [6.07, 6.45) is 7.25. The number of hydrogen-bond acceptors (Lipinski definition) is 4. The molecule has 4 nitrogen and oxygen atoms in total. The highest BCUT2D eigenvalue weighted by atomic mass is 35.5. The highest BCUT2D eigenvalue weighted by Gasteiger charge is 2.17. The molecule has 1 atom stereocenters. The van der Waals surface area contributed by atoms with Gasteiger partial charge in [-0.05, 0) is 49.2 Å². The number of halogens is 1. The highest BCUT2D eigenvalue weighted by molar-refractivity contribution is 7.80. The maximum Gasteiger partial charge on any atom is 0.358 e.